The number of nitrogens with zero attached hydrogens (tertiary/aromatic N) is 4. The highest BCUT2D eigenvalue weighted by Gasteiger charge is 2.13. The lowest BCUT2D eigenvalue weighted by atomic mass is 10.2. The second-order valence-corrected chi connectivity index (χ2v) is 4.48. The van der Waals surface area contributed by atoms with Crippen molar-refractivity contribution in [2.24, 2.45) is 7.05 Å². The highest BCUT2D eigenvalue weighted by Crippen LogP contribution is 2.17. The van der Waals surface area contributed by atoms with Crippen molar-refractivity contribution in [2.45, 2.75) is 19.5 Å². The Hall–Kier alpha value is -2.35. The molecule has 0 aliphatic carbocycles. The van der Waals surface area contributed by atoms with Crippen LogP contribution in [0.1, 0.15) is 24.4 Å². The van der Waals surface area contributed by atoms with Gasteiger partial charge in [-0.2, -0.15) is 0 Å². The normalized spacial score (nSPS) is 12.3. The zero-order valence-electron chi connectivity index (χ0n) is 11.1. The SMILES string of the molecule is CC(NCc1cc(F)cc([N+](=O)[O-])c1)c1nncn1C. The van der Waals surface area contributed by atoms with Crippen LogP contribution in [0.15, 0.2) is 24.5 Å². The van der Waals surface area contributed by atoms with Gasteiger partial charge in [0.1, 0.15) is 18.0 Å². The Morgan fingerprint density at radius 2 is 2.25 bits per heavy atom. The Bertz CT molecular complexity index is 628. The molecular weight excluding hydrogens is 265 g/mol. The van der Waals surface area contributed by atoms with Gasteiger partial charge in [-0.1, -0.05) is 0 Å². The van der Waals surface area contributed by atoms with Crippen LogP contribution in [0.2, 0.25) is 0 Å². The zero-order valence-corrected chi connectivity index (χ0v) is 11.1. The predicted octanol–water partition coefficient (Wildman–Crippen LogP) is 1.71. The molecule has 1 N–H and O–H groups in total. The first-order chi connectivity index (χ1) is 9.47. The first-order valence-corrected chi connectivity index (χ1v) is 5.98. The van der Waals surface area contributed by atoms with Crippen LogP contribution in [0.3, 0.4) is 0 Å². The molecule has 1 aromatic heterocycles. The van der Waals surface area contributed by atoms with E-state index in [-0.39, 0.29) is 11.7 Å². The Kier molecular flexibility index (Phi) is 4.04. The maximum absolute atomic E-state index is 13.3. The van der Waals surface area contributed by atoms with Crippen molar-refractivity contribution in [3.8, 4) is 0 Å². The topological polar surface area (TPSA) is 85.9 Å². The Morgan fingerprint density at radius 1 is 1.50 bits per heavy atom. The first kappa shape index (κ1) is 14.1. The summed E-state index contributed by atoms with van der Waals surface area (Å²) in [6.07, 6.45) is 1.58. The summed E-state index contributed by atoms with van der Waals surface area (Å²) in [5.41, 5.74) is 0.249. The van der Waals surface area contributed by atoms with Gasteiger partial charge in [-0.15, -0.1) is 10.2 Å². The van der Waals surface area contributed by atoms with Crippen molar-refractivity contribution in [1.29, 1.82) is 0 Å². The summed E-state index contributed by atoms with van der Waals surface area (Å²) in [5.74, 6) is 0.109. The van der Waals surface area contributed by atoms with Crippen LogP contribution < -0.4 is 5.32 Å². The van der Waals surface area contributed by atoms with Gasteiger partial charge in [0.05, 0.1) is 17.0 Å². The lowest BCUT2D eigenvalue weighted by Crippen LogP contribution is -2.21. The fourth-order valence-corrected chi connectivity index (χ4v) is 1.89. The maximum atomic E-state index is 13.3. The van der Waals surface area contributed by atoms with Gasteiger partial charge in [-0.3, -0.25) is 10.1 Å². The fourth-order valence-electron chi connectivity index (χ4n) is 1.89. The second kappa shape index (κ2) is 5.74. The Labute approximate surface area is 114 Å². The minimum absolute atomic E-state index is 0.107. The van der Waals surface area contributed by atoms with E-state index in [1.807, 2.05) is 14.0 Å². The van der Waals surface area contributed by atoms with E-state index in [0.29, 0.717) is 12.1 Å². The summed E-state index contributed by atoms with van der Waals surface area (Å²) in [4.78, 5) is 10.1. The number of nitrogens with one attached hydrogen (secondary N) is 1. The smallest absolute Gasteiger partial charge is 0.272 e. The molecule has 2 rings (SSSR count). The summed E-state index contributed by atoms with van der Waals surface area (Å²) in [6, 6.07) is 3.41. The number of nitro benzene ring substituents is 1. The number of nitro groups is 1. The number of aromatic nitrogens is 3. The molecule has 0 spiro atoms. The number of non-ortho nitro benzene ring substituents is 1. The molecule has 1 heterocycles. The maximum Gasteiger partial charge on any atom is 0.272 e. The molecule has 0 fully saturated rings. The summed E-state index contributed by atoms with van der Waals surface area (Å²) in [5, 5.41) is 21.5. The molecule has 20 heavy (non-hydrogen) atoms. The van der Waals surface area contributed by atoms with Crippen molar-refractivity contribution in [3.05, 3.63) is 51.8 Å². The molecule has 106 valence electrons. The summed E-state index contributed by atoms with van der Waals surface area (Å²) >= 11 is 0. The molecule has 1 atom stereocenters. The number of benzene rings is 1. The number of aryl methyl sites for hydroxylation is 1. The van der Waals surface area contributed by atoms with Gasteiger partial charge in [0.2, 0.25) is 0 Å². The number of halogens is 1. The molecule has 1 unspecified atom stereocenters. The average molecular weight is 279 g/mol. The summed E-state index contributed by atoms with van der Waals surface area (Å²) < 4.78 is 15.1. The minimum atomic E-state index is -0.623. The summed E-state index contributed by atoms with van der Waals surface area (Å²) in [7, 11) is 1.82. The van der Waals surface area contributed by atoms with Gasteiger partial charge in [-0.25, -0.2) is 4.39 Å². The largest absolute Gasteiger partial charge is 0.319 e. The van der Waals surface area contributed by atoms with Gasteiger partial charge in [0.15, 0.2) is 0 Å². The molecule has 0 amide bonds. The second-order valence-electron chi connectivity index (χ2n) is 4.48. The average Bonchev–Trinajstić information content (AvgIpc) is 2.81. The van der Waals surface area contributed by atoms with Crippen LogP contribution >= 0.6 is 0 Å². The standard InChI is InChI=1S/C12H14FN5O2/c1-8(12-16-15-7-17(12)2)14-6-9-3-10(13)5-11(4-9)18(19)20/h3-5,7-8,14H,6H2,1-2H3. The van der Waals surface area contributed by atoms with Gasteiger partial charge in [0.25, 0.3) is 5.69 Å². The number of hydrogen-bond acceptors (Lipinski definition) is 5. The molecule has 0 saturated carbocycles. The third-order valence-electron chi connectivity index (χ3n) is 2.90. The predicted molar refractivity (Wildman–Crippen MR) is 69.3 cm³/mol. The third-order valence-corrected chi connectivity index (χ3v) is 2.90. The van der Waals surface area contributed by atoms with Gasteiger partial charge in [0, 0.05) is 19.7 Å². The lowest BCUT2D eigenvalue weighted by molar-refractivity contribution is -0.385. The molecule has 0 radical (unpaired) electrons. The van der Waals surface area contributed by atoms with E-state index in [0.717, 1.165) is 11.9 Å². The molecule has 0 aliphatic heterocycles. The first-order valence-electron chi connectivity index (χ1n) is 5.98. The highest BCUT2D eigenvalue weighted by molar-refractivity contribution is 5.35. The Balaban J connectivity index is 2.07. The lowest BCUT2D eigenvalue weighted by Gasteiger charge is -2.12. The molecule has 7 nitrogen and oxygen atoms in total. The van der Waals surface area contributed by atoms with Crippen molar-refractivity contribution >= 4 is 5.69 Å². The summed E-state index contributed by atoms with van der Waals surface area (Å²) in [6.45, 7) is 2.18. The van der Waals surface area contributed by atoms with Gasteiger partial charge < -0.3 is 9.88 Å². The zero-order chi connectivity index (χ0) is 14.7. The highest BCUT2D eigenvalue weighted by atomic mass is 19.1. The van der Waals surface area contributed by atoms with E-state index in [2.05, 4.69) is 15.5 Å². The minimum Gasteiger partial charge on any atom is -0.319 e. The van der Waals surface area contributed by atoms with Gasteiger partial charge >= 0.3 is 0 Å². The molecule has 8 heteroatoms. The van der Waals surface area contributed by atoms with Gasteiger partial charge in [-0.05, 0) is 18.6 Å². The monoisotopic (exact) mass is 279 g/mol. The van der Waals surface area contributed by atoms with E-state index in [1.165, 1.54) is 12.1 Å². The van der Waals surface area contributed by atoms with E-state index in [1.54, 1.807) is 10.9 Å². The van der Waals surface area contributed by atoms with Crippen LogP contribution in [0, 0.1) is 15.9 Å². The molecule has 0 saturated heterocycles. The molecule has 0 bridgehead atoms. The van der Waals surface area contributed by atoms with Crippen molar-refractivity contribution < 1.29 is 9.31 Å². The third kappa shape index (κ3) is 3.15. The van der Waals surface area contributed by atoms with Crippen LogP contribution in [0.25, 0.3) is 0 Å². The molecular formula is C12H14FN5O2. The number of hydrogen-bond donors (Lipinski definition) is 1. The fraction of sp³-hybridized carbons (Fsp3) is 0.333. The van der Waals surface area contributed by atoms with Crippen molar-refractivity contribution in [2.75, 3.05) is 0 Å². The van der Waals surface area contributed by atoms with Crippen molar-refractivity contribution in [1.82, 2.24) is 20.1 Å². The van der Waals surface area contributed by atoms with Crippen LogP contribution in [0.5, 0.6) is 0 Å². The van der Waals surface area contributed by atoms with Crippen LogP contribution in [-0.4, -0.2) is 19.7 Å². The molecule has 1 aromatic carbocycles. The van der Waals surface area contributed by atoms with Crippen LogP contribution in [-0.2, 0) is 13.6 Å². The van der Waals surface area contributed by atoms with E-state index < -0.39 is 10.7 Å². The molecule has 2 aromatic rings. The quantitative estimate of drug-likeness (QED) is 0.665. The number of rotatable bonds is 5. The van der Waals surface area contributed by atoms with Crippen LogP contribution in [0.4, 0.5) is 10.1 Å². The van der Waals surface area contributed by atoms with E-state index >= 15 is 0 Å². The molecule has 0 aliphatic rings. The van der Waals surface area contributed by atoms with E-state index in [4.69, 9.17) is 0 Å². The van der Waals surface area contributed by atoms with Crippen molar-refractivity contribution in [3.63, 3.8) is 0 Å². The van der Waals surface area contributed by atoms with E-state index in [9.17, 15) is 14.5 Å². The Morgan fingerprint density at radius 3 is 2.85 bits per heavy atom.